The van der Waals surface area contributed by atoms with E-state index in [-0.39, 0.29) is 12.5 Å². The topological polar surface area (TPSA) is 59.9 Å². The number of nitrogens with zero attached hydrogens (tertiary/aromatic N) is 1. The van der Waals surface area contributed by atoms with Gasteiger partial charge in [-0.05, 0) is 54.7 Å². The molecule has 1 aliphatic carbocycles. The number of hydrogen-bond donors (Lipinski definition) is 1. The fourth-order valence-corrected chi connectivity index (χ4v) is 2.81. The van der Waals surface area contributed by atoms with Crippen LogP contribution >= 0.6 is 0 Å². The molecule has 5 heteroatoms. The quantitative estimate of drug-likeness (QED) is 0.656. The molecular weight excluding hydrogens is 304 g/mol. The molecule has 124 valence electrons. The molecule has 5 nitrogen and oxygen atoms in total. The molecule has 1 amide bonds. The number of methoxy groups -OCH3 is 1. The second-order valence-corrected chi connectivity index (χ2v) is 5.64. The summed E-state index contributed by atoms with van der Waals surface area (Å²) in [5, 5.41) is 6.65. The Kier molecular flexibility index (Phi) is 5.11. The van der Waals surface area contributed by atoms with Crippen molar-refractivity contribution in [3.63, 3.8) is 0 Å². The SMILES string of the molecule is COc1ccccc1/C=N\OCC(=O)Nc1ccc2c(c1)CCC2. The van der Waals surface area contributed by atoms with Gasteiger partial charge in [0.25, 0.3) is 5.91 Å². The Labute approximate surface area is 141 Å². The zero-order valence-corrected chi connectivity index (χ0v) is 13.6. The maximum Gasteiger partial charge on any atom is 0.265 e. The number of nitrogens with one attached hydrogen (secondary N) is 1. The van der Waals surface area contributed by atoms with Crippen molar-refractivity contribution in [2.45, 2.75) is 19.3 Å². The van der Waals surface area contributed by atoms with Crippen LogP contribution in [0.5, 0.6) is 5.75 Å². The van der Waals surface area contributed by atoms with Crippen LogP contribution < -0.4 is 10.1 Å². The fraction of sp³-hybridized carbons (Fsp3) is 0.263. The van der Waals surface area contributed by atoms with E-state index in [4.69, 9.17) is 9.57 Å². The molecular formula is C19H20N2O3. The number of fused-ring (bicyclic) bond motifs is 1. The summed E-state index contributed by atoms with van der Waals surface area (Å²) in [4.78, 5) is 17.0. The Morgan fingerprint density at radius 3 is 2.92 bits per heavy atom. The number of para-hydroxylation sites is 1. The highest BCUT2D eigenvalue weighted by atomic mass is 16.6. The summed E-state index contributed by atoms with van der Waals surface area (Å²) in [7, 11) is 1.59. The smallest absolute Gasteiger partial charge is 0.265 e. The number of oxime groups is 1. The van der Waals surface area contributed by atoms with Gasteiger partial charge in [0, 0.05) is 11.3 Å². The number of aryl methyl sites for hydroxylation is 2. The standard InChI is InChI=1S/C19H20N2O3/c1-23-18-8-3-2-5-16(18)12-20-24-13-19(22)21-17-10-9-14-6-4-7-15(14)11-17/h2-3,5,8-12H,4,6-7,13H2,1H3,(H,21,22)/b20-12-. The van der Waals surface area contributed by atoms with Gasteiger partial charge in [-0.1, -0.05) is 23.4 Å². The lowest BCUT2D eigenvalue weighted by molar-refractivity contribution is -0.120. The summed E-state index contributed by atoms with van der Waals surface area (Å²) in [5.41, 5.74) is 4.30. The lowest BCUT2D eigenvalue weighted by Gasteiger charge is -2.07. The van der Waals surface area contributed by atoms with Gasteiger partial charge in [0.05, 0.1) is 13.3 Å². The normalized spacial score (nSPS) is 12.9. The van der Waals surface area contributed by atoms with Crippen molar-refractivity contribution in [3.05, 3.63) is 59.2 Å². The Bertz CT molecular complexity index is 756. The van der Waals surface area contributed by atoms with Crippen LogP contribution in [-0.2, 0) is 22.5 Å². The van der Waals surface area contributed by atoms with Gasteiger partial charge in [-0.3, -0.25) is 4.79 Å². The molecule has 0 fully saturated rings. The average molecular weight is 324 g/mol. The molecule has 0 heterocycles. The molecule has 0 aromatic heterocycles. The summed E-state index contributed by atoms with van der Waals surface area (Å²) >= 11 is 0. The number of rotatable bonds is 6. The van der Waals surface area contributed by atoms with E-state index in [0.717, 1.165) is 24.1 Å². The van der Waals surface area contributed by atoms with Gasteiger partial charge in [0.15, 0.2) is 6.61 Å². The summed E-state index contributed by atoms with van der Waals surface area (Å²) < 4.78 is 5.21. The highest BCUT2D eigenvalue weighted by Crippen LogP contribution is 2.24. The third kappa shape index (κ3) is 3.93. The van der Waals surface area contributed by atoms with E-state index >= 15 is 0 Å². The molecule has 0 saturated carbocycles. The molecule has 2 aromatic carbocycles. The van der Waals surface area contributed by atoms with E-state index < -0.39 is 0 Å². The third-order valence-electron chi connectivity index (χ3n) is 3.98. The molecule has 0 aliphatic heterocycles. The van der Waals surface area contributed by atoms with Crippen LogP contribution in [0.15, 0.2) is 47.6 Å². The van der Waals surface area contributed by atoms with E-state index in [1.807, 2.05) is 36.4 Å². The van der Waals surface area contributed by atoms with Crippen molar-refractivity contribution in [3.8, 4) is 5.75 Å². The van der Waals surface area contributed by atoms with Crippen LogP contribution in [0.25, 0.3) is 0 Å². The second-order valence-electron chi connectivity index (χ2n) is 5.64. The third-order valence-corrected chi connectivity index (χ3v) is 3.98. The first-order valence-electron chi connectivity index (χ1n) is 7.96. The number of benzene rings is 2. The van der Waals surface area contributed by atoms with Crippen LogP contribution in [-0.4, -0.2) is 25.8 Å². The van der Waals surface area contributed by atoms with Gasteiger partial charge in [0.1, 0.15) is 5.75 Å². The molecule has 3 rings (SSSR count). The minimum absolute atomic E-state index is 0.136. The number of ether oxygens (including phenoxy) is 1. The molecule has 0 saturated heterocycles. The summed E-state index contributed by atoms with van der Waals surface area (Å²) in [6, 6.07) is 13.5. The van der Waals surface area contributed by atoms with E-state index in [1.165, 1.54) is 23.8 Å². The highest BCUT2D eigenvalue weighted by Gasteiger charge is 2.11. The van der Waals surface area contributed by atoms with E-state index in [1.54, 1.807) is 7.11 Å². The van der Waals surface area contributed by atoms with Crippen LogP contribution in [0.1, 0.15) is 23.1 Å². The zero-order valence-electron chi connectivity index (χ0n) is 13.6. The highest BCUT2D eigenvalue weighted by molar-refractivity contribution is 5.92. The van der Waals surface area contributed by atoms with Gasteiger partial charge in [-0.15, -0.1) is 0 Å². The van der Waals surface area contributed by atoms with E-state index in [0.29, 0.717) is 5.75 Å². The Morgan fingerprint density at radius 2 is 2.04 bits per heavy atom. The molecule has 0 unspecified atom stereocenters. The van der Waals surface area contributed by atoms with Gasteiger partial charge in [-0.2, -0.15) is 0 Å². The summed E-state index contributed by atoms with van der Waals surface area (Å²) in [6.07, 6.45) is 4.93. The van der Waals surface area contributed by atoms with Crippen molar-refractivity contribution >= 4 is 17.8 Å². The monoisotopic (exact) mass is 324 g/mol. The van der Waals surface area contributed by atoms with Crippen LogP contribution in [0, 0.1) is 0 Å². The van der Waals surface area contributed by atoms with Crippen LogP contribution in [0.4, 0.5) is 5.69 Å². The van der Waals surface area contributed by atoms with Crippen molar-refractivity contribution < 1.29 is 14.4 Å². The van der Waals surface area contributed by atoms with Crippen LogP contribution in [0.2, 0.25) is 0 Å². The first-order valence-corrected chi connectivity index (χ1v) is 7.96. The first kappa shape index (κ1) is 16.1. The van der Waals surface area contributed by atoms with Crippen molar-refractivity contribution in [2.24, 2.45) is 5.16 Å². The zero-order chi connectivity index (χ0) is 16.8. The maximum absolute atomic E-state index is 11.9. The van der Waals surface area contributed by atoms with E-state index in [2.05, 4.69) is 16.5 Å². The second kappa shape index (κ2) is 7.64. The molecule has 1 N–H and O–H groups in total. The average Bonchev–Trinajstić information content (AvgIpc) is 3.07. The Hall–Kier alpha value is -2.82. The Morgan fingerprint density at radius 1 is 1.21 bits per heavy atom. The molecule has 0 bridgehead atoms. The molecule has 2 aromatic rings. The van der Waals surface area contributed by atoms with Crippen molar-refractivity contribution in [1.82, 2.24) is 0 Å². The molecule has 0 spiro atoms. The van der Waals surface area contributed by atoms with Crippen LogP contribution in [0.3, 0.4) is 0 Å². The Balaban J connectivity index is 1.50. The van der Waals surface area contributed by atoms with Crippen molar-refractivity contribution in [1.29, 1.82) is 0 Å². The van der Waals surface area contributed by atoms with Crippen molar-refractivity contribution in [2.75, 3.05) is 19.0 Å². The largest absolute Gasteiger partial charge is 0.496 e. The molecule has 24 heavy (non-hydrogen) atoms. The van der Waals surface area contributed by atoms with Gasteiger partial charge in [-0.25, -0.2) is 0 Å². The van der Waals surface area contributed by atoms with Gasteiger partial charge in [0.2, 0.25) is 0 Å². The van der Waals surface area contributed by atoms with Gasteiger partial charge >= 0.3 is 0 Å². The minimum atomic E-state index is -0.231. The number of carbonyl (C=O) groups excluding carboxylic acids is 1. The lowest BCUT2D eigenvalue weighted by Crippen LogP contribution is -2.17. The summed E-state index contributed by atoms with van der Waals surface area (Å²) in [6.45, 7) is -0.136. The number of anilines is 1. The predicted octanol–water partition coefficient (Wildman–Crippen LogP) is 3.17. The first-order chi connectivity index (χ1) is 11.8. The minimum Gasteiger partial charge on any atom is -0.496 e. The summed E-state index contributed by atoms with van der Waals surface area (Å²) in [5.74, 6) is 0.470. The number of hydrogen-bond acceptors (Lipinski definition) is 4. The number of carbonyl (C=O) groups is 1. The fourth-order valence-electron chi connectivity index (χ4n) is 2.81. The number of amides is 1. The molecule has 1 aliphatic rings. The van der Waals surface area contributed by atoms with Gasteiger partial charge < -0.3 is 14.9 Å². The van der Waals surface area contributed by atoms with E-state index in [9.17, 15) is 4.79 Å². The predicted molar refractivity (Wildman–Crippen MR) is 93.6 cm³/mol. The molecule has 0 atom stereocenters. The maximum atomic E-state index is 11.9. The lowest BCUT2D eigenvalue weighted by atomic mass is 10.1. The molecule has 0 radical (unpaired) electrons.